The molecular formula is C10H13N3. The van der Waals surface area contributed by atoms with Gasteiger partial charge in [-0.25, -0.2) is 4.99 Å². The second-order valence-electron chi connectivity index (χ2n) is 3.27. The maximum Gasteiger partial charge on any atom is 0.0999 e. The van der Waals surface area contributed by atoms with Crippen molar-refractivity contribution in [3.05, 3.63) is 29.3 Å². The molecule has 1 aromatic carbocycles. The number of aryl methyl sites for hydroxylation is 1. The monoisotopic (exact) mass is 175 g/mol. The van der Waals surface area contributed by atoms with Crippen molar-refractivity contribution in [1.82, 2.24) is 0 Å². The van der Waals surface area contributed by atoms with Crippen LogP contribution >= 0.6 is 0 Å². The van der Waals surface area contributed by atoms with E-state index in [9.17, 15) is 0 Å². The van der Waals surface area contributed by atoms with E-state index in [4.69, 9.17) is 11.5 Å². The normalized spacial score (nSPS) is 15.0. The molecule has 68 valence electrons. The first-order valence-electron chi connectivity index (χ1n) is 4.44. The quantitative estimate of drug-likeness (QED) is 0.670. The fourth-order valence-electron chi connectivity index (χ4n) is 1.55. The van der Waals surface area contributed by atoms with E-state index < -0.39 is 0 Å². The zero-order chi connectivity index (χ0) is 9.26. The molecule has 3 heteroatoms. The summed E-state index contributed by atoms with van der Waals surface area (Å²) in [4.78, 5) is 4.27. The van der Waals surface area contributed by atoms with Crippen molar-refractivity contribution in [3.63, 3.8) is 0 Å². The van der Waals surface area contributed by atoms with Crippen molar-refractivity contribution < 1.29 is 0 Å². The van der Waals surface area contributed by atoms with Crippen molar-refractivity contribution >= 4 is 11.5 Å². The van der Waals surface area contributed by atoms with E-state index in [1.54, 1.807) is 0 Å². The fraction of sp³-hybridized carbons (Fsp3) is 0.300. The summed E-state index contributed by atoms with van der Waals surface area (Å²) in [5, 5.41) is 0. The summed E-state index contributed by atoms with van der Waals surface area (Å²) in [7, 11) is 0. The van der Waals surface area contributed by atoms with Gasteiger partial charge in [0.1, 0.15) is 0 Å². The molecule has 1 aliphatic heterocycles. The standard InChI is InChI=1S/C10H13N3/c11-6-7-1-3-9-8(5-7)2-4-10(12)13-9/h1,3,5H,2,4,6,11H2,(H2,12,13). The van der Waals surface area contributed by atoms with Gasteiger partial charge in [-0.05, 0) is 23.6 Å². The summed E-state index contributed by atoms with van der Waals surface area (Å²) in [5.41, 5.74) is 14.6. The summed E-state index contributed by atoms with van der Waals surface area (Å²) < 4.78 is 0. The first-order chi connectivity index (χ1) is 6.29. The van der Waals surface area contributed by atoms with Crippen molar-refractivity contribution in [1.29, 1.82) is 0 Å². The Balaban J connectivity index is 2.43. The molecular weight excluding hydrogens is 162 g/mol. The van der Waals surface area contributed by atoms with Crippen LogP contribution in [-0.4, -0.2) is 5.84 Å². The van der Waals surface area contributed by atoms with Crippen LogP contribution in [0.2, 0.25) is 0 Å². The van der Waals surface area contributed by atoms with Crippen LogP contribution in [-0.2, 0) is 13.0 Å². The first kappa shape index (κ1) is 8.26. The number of amidine groups is 1. The SMILES string of the molecule is NCc1ccc2c(c1)CCC(N)=N2. The Kier molecular flexibility index (Phi) is 2.02. The van der Waals surface area contributed by atoms with Crippen molar-refractivity contribution in [2.45, 2.75) is 19.4 Å². The molecule has 0 amide bonds. The predicted octanol–water partition coefficient (Wildman–Crippen LogP) is 1.08. The molecule has 2 rings (SSSR count). The van der Waals surface area contributed by atoms with Gasteiger partial charge in [0, 0.05) is 13.0 Å². The number of rotatable bonds is 1. The van der Waals surface area contributed by atoms with Crippen LogP contribution in [0.1, 0.15) is 17.5 Å². The van der Waals surface area contributed by atoms with Crippen LogP contribution in [0.3, 0.4) is 0 Å². The van der Waals surface area contributed by atoms with Crippen molar-refractivity contribution in [2.75, 3.05) is 0 Å². The molecule has 1 heterocycles. The highest BCUT2D eigenvalue weighted by Gasteiger charge is 2.09. The van der Waals surface area contributed by atoms with E-state index in [0.717, 1.165) is 29.9 Å². The molecule has 0 unspecified atom stereocenters. The average molecular weight is 175 g/mol. The molecule has 0 bridgehead atoms. The number of nitrogens with two attached hydrogens (primary N) is 2. The molecule has 0 fully saturated rings. The van der Waals surface area contributed by atoms with Gasteiger partial charge < -0.3 is 11.5 Å². The lowest BCUT2D eigenvalue weighted by molar-refractivity contribution is 0.978. The third kappa shape index (κ3) is 1.55. The predicted molar refractivity (Wildman–Crippen MR) is 53.9 cm³/mol. The van der Waals surface area contributed by atoms with Crippen LogP contribution in [0.15, 0.2) is 23.2 Å². The molecule has 0 saturated heterocycles. The highest BCUT2D eigenvalue weighted by atomic mass is 14.9. The minimum atomic E-state index is 0.590. The van der Waals surface area contributed by atoms with Crippen LogP contribution in [0.4, 0.5) is 5.69 Å². The lowest BCUT2D eigenvalue weighted by Crippen LogP contribution is -2.15. The van der Waals surface area contributed by atoms with E-state index >= 15 is 0 Å². The topological polar surface area (TPSA) is 64.4 Å². The van der Waals surface area contributed by atoms with Gasteiger partial charge in [-0.15, -0.1) is 0 Å². The number of benzene rings is 1. The molecule has 0 saturated carbocycles. The van der Waals surface area contributed by atoms with Gasteiger partial charge in [0.2, 0.25) is 0 Å². The highest BCUT2D eigenvalue weighted by Crippen LogP contribution is 2.25. The largest absolute Gasteiger partial charge is 0.387 e. The van der Waals surface area contributed by atoms with Gasteiger partial charge in [0.15, 0.2) is 0 Å². The van der Waals surface area contributed by atoms with Crippen molar-refractivity contribution in [2.24, 2.45) is 16.5 Å². The average Bonchev–Trinajstić information content (AvgIpc) is 2.17. The molecule has 1 aliphatic rings. The zero-order valence-electron chi connectivity index (χ0n) is 7.46. The molecule has 13 heavy (non-hydrogen) atoms. The highest BCUT2D eigenvalue weighted by molar-refractivity contribution is 5.85. The number of hydrogen-bond acceptors (Lipinski definition) is 3. The molecule has 1 aromatic rings. The van der Waals surface area contributed by atoms with Crippen molar-refractivity contribution in [3.8, 4) is 0 Å². The second-order valence-corrected chi connectivity index (χ2v) is 3.27. The molecule has 0 spiro atoms. The maximum atomic E-state index is 5.65. The maximum absolute atomic E-state index is 5.65. The number of hydrogen-bond donors (Lipinski definition) is 2. The lowest BCUT2D eigenvalue weighted by Gasteiger charge is -2.13. The Morgan fingerprint density at radius 1 is 1.31 bits per heavy atom. The van der Waals surface area contributed by atoms with E-state index in [1.807, 2.05) is 12.1 Å². The third-order valence-corrected chi connectivity index (χ3v) is 2.29. The Morgan fingerprint density at radius 2 is 2.15 bits per heavy atom. The van der Waals surface area contributed by atoms with E-state index in [1.165, 1.54) is 5.56 Å². The van der Waals surface area contributed by atoms with Gasteiger partial charge >= 0.3 is 0 Å². The first-order valence-corrected chi connectivity index (χ1v) is 4.44. The molecule has 0 aliphatic carbocycles. The smallest absolute Gasteiger partial charge is 0.0999 e. The van der Waals surface area contributed by atoms with Gasteiger partial charge in [-0.3, -0.25) is 0 Å². The van der Waals surface area contributed by atoms with E-state index in [-0.39, 0.29) is 0 Å². The second kappa shape index (κ2) is 3.18. The minimum absolute atomic E-state index is 0.590. The van der Waals surface area contributed by atoms with Crippen LogP contribution < -0.4 is 11.5 Å². The zero-order valence-corrected chi connectivity index (χ0v) is 7.46. The summed E-state index contributed by atoms with van der Waals surface area (Å²) in [6, 6.07) is 6.11. The summed E-state index contributed by atoms with van der Waals surface area (Å²) >= 11 is 0. The lowest BCUT2D eigenvalue weighted by atomic mass is 10.0. The summed E-state index contributed by atoms with van der Waals surface area (Å²) in [6.07, 6.45) is 1.85. The van der Waals surface area contributed by atoms with Crippen LogP contribution in [0, 0.1) is 0 Å². The molecule has 0 radical (unpaired) electrons. The number of nitrogens with zero attached hydrogens (tertiary/aromatic N) is 1. The molecule has 0 atom stereocenters. The molecule has 3 nitrogen and oxygen atoms in total. The van der Waals surface area contributed by atoms with E-state index in [0.29, 0.717) is 6.54 Å². The number of aliphatic imine (C=N–C) groups is 1. The van der Waals surface area contributed by atoms with Gasteiger partial charge in [0.25, 0.3) is 0 Å². The van der Waals surface area contributed by atoms with Crippen LogP contribution in [0.25, 0.3) is 0 Å². The van der Waals surface area contributed by atoms with Crippen LogP contribution in [0.5, 0.6) is 0 Å². The van der Waals surface area contributed by atoms with Gasteiger partial charge in [0.05, 0.1) is 11.5 Å². The summed E-state index contributed by atoms with van der Waals surface area (Å²) in [6.45, 7) is 0.590. The van der Waals surface area contributed by atoms with Gasteiger partial charge in [-0.1, -0.05) is 12.1 Å². The Hall–Kier alpha value is -1.35. The summed E-state index contributed by atoms with van der Waals surface area (Å²) in [5.74, 6) is 0.730. The molecule has 0 aromatic heterocycles. The van der Waals surface area contributed by atoms with E-state index in [2.05, 4.69) is 11.1 Å². The van der Waals surface area contributed by atoms with Gasteiger partial charge in [-0.2, -0.15) is 0 Å². The molecule has 4 N–H and O–H groups in total. The Bertz CT molecular complexity index is 355. The number of fused-ring (bicyclic) bond motifs is 1. The Labute approximate surface area is 77.5 Å². The minimum Gasteiger partial charge on any atom is -0.387 e. The fourth-order valence-corrected chi connectivity index (χ4v) is 1.55. The third-order valence-electron chi connectivity index (χ3n) is 2.29. The Morgan fingerprint density at radius 3 is 2.92 bits per heavy atom.